The molecule has 1 saturated heterocycles. The van der Waals surface area contributed by atoms with Crippen molar-refractivity contribution in [1.82, 2.24) is 15.5 Å². The van der Waals surface area contributed by atoms with Crippen LogP contribution in [0.25, 0.3) is 0 Å². The molecule has 0 bridgehead atoms. The fourth-order valence-electron chi connectivity index (χ4n) is 3.03. The minimum Gasteiger partial charge on any atom is -0.481 e. The molecule has 1 saturated carbocycles. The van der Waals surface area contributed by atoms with Crippen molar-refractivity contribution in [2.75, 3.05) is 32.8 Å². The van der Waals surface area contributed by atoms with Gasteiger partial charge in [-0.15, -0.1) is 0 Å². The van der Waals surface area contributed by atoms with Gasteiger partial charge in [0.25, 0.3) is 0 Å². The average Bonchev–Trinajstić information content (AvgIpc) is 2.50. The fourth-order valence-corrected chi connectivity index (χ4v) is 3.03. The molecule has 8 heteroatoms. The summed E-state index contributed by atoms with van der Waals surface area (Å²) in [6, 6.07) is 0.0910. The zero-order chi connectivity index (χ0) is 17.4. The number of urea groups is 1. The number of amides is 3. The van der Waals surface area contributed by atoms with Crippen molar-refractivity contribution in [1.29, 1.82) is 0 Å². The SMILES string of the molecule is O=C(O)CCNC(=O)CCCNC(=O)N1CCOCC1C1CCC1. The molecule has 3 N–H and O–H groups in total. The van der Waals surface area contributed by atoms with Crippen LogP contribution in [0.5, 0.6) is 0 Å². The summed E-state index contributed by atoms with van der Waals surface area (Å²) < 4.78 is 5.51. The van der Waals surface area contributed by atoms with Gasteiger partial charge in [0.2, 0.25) is 5.91 Å². The second kappa shape index (κ2) is 9.46. The van der Waals surface area contributed by atoms with Crippen molar-refractivity contribution in [2.45, 2.75) is 44.6 Å². The lowest BCUT2D eigenvalue weighted by atomic mass is 9.79. The first-order chi connectivity index (χ1) is 11.6. The molecule has 136 valence electrons. The van der Waals surface area contributed by atoms with Gasteiger partial charge in [0.15, 0.2) is 0 Å². The third-order valence-electron chi connectivity index (χ3n) is 4.64. The second-order valence-corrected chi connectivity index (χ2v) is 6.36. The number of carboxylic acid groups (broad SMARTS) is 1. The van der Waals surface area contributed by atoms with Crippen LogP contribution in [0.2, 0.25) is 0 Å². The molecule has 24 heavy (non-hydrogen) atoms. The summed E-state index contributed by atoms with van der Waals surface area (Å²) in [7, 11) is 0. The topological polar surface area (TPSA) is 108 Å². The van der Waals surface area contributed by atoms with Crippen molar-refractivity contribution in [3.8, 4) is 0 Å². The normalized spacial score (nSPS) is 21.0. The van der Waals surface area contributed by atoms with Crippen LogP contribution in [0.4, 0.5) is 4.79 Å². The number of morpholine rings is 1. The molecule has 3 amide bonds. The van der Waals surface area contributed by atoms with Gasteiger partial charge in [0, 0.05) is 26.1 Å². The number of hydrogen-bond acceptors (Lipinski definition) is 4. The molecule has 2 rings (SSSR count). The standard InChI is InChI=1S/C16H27N3O5/c20-14(17-8-6-15(21)22)5-2-7-18-16(23)19-9-10-24-11-13(19)12-3-1-4-12/h12-13H,1-11H2,(H,17,20)(H,18,23)(H,21,22). The van der Waals surface area contributed by atoms with Crippen LogP contribution in [-0.4, -0.2) is 66.8 Å². The van der Waals surface area contributed by atoms with Gasteiger partial charge in [-0.2, -0.15) is 0 Å². The van der Waals surface area contributed by atoms with Gasteiger partial charge < -0.3 is 25.4 Å². The van der Waals surface area contributed by atoms with E-state index in [4.69, 9.17) is 9.84 Å². The summed E-state index contributed by atoms with van der Waals surface area (Å²) in [6.07, 6.45) is 4.27. The molecular weight excluding hydrogens is 314 g/mol. The van der Waals surface area contributed by atoms with Gasteiger partial charge in [-0.3, -0.25) is 9.59 Å². The molecule has 1 heterocycles. The van der Waals surface area contributed by atoms with Gasteiger partial charge >= 0.3 is 12.0 Å². The van der Waals surface area contributed by atoms with Crippen molar-refractivity contribution >= 4 is 17.9 Å². The number of carboxylic acids is 1. The maximum absolute atomic E-state index is 12.3. The van der Waals surface area contributed by atoms with E-state index >= 15 is 0 Å². The Balaban J connectivity index is 1.61. The van der Waals surface area contributed by atoms with Crippen LogP contribution in [0.15, 0.2) is 0 Å². The molecule has 1 unspecified atom stereocenters. The quantitative estimate of drug-likeness (QED) is 0.559. The number of ether oxygens (including phenoxy) is 1. The molecule has 8 nitrogen and oxygen atoms in total. The maximum atomic E-state index is 12.3. The van der Waals surface area contributed by atoms with E-state index in [-0.39, 0.29) is 37.4 Å². The summed E-state index contributed by atoms with van der Waals surface area (Å²) in [5, 5.41) is 13.9. The van der Waals surface area contributed by atoms with E-state index < -0.39 is 5.97 Å². The average molecular weight is 341 g/mol. The van der Waals surface area contributed by atoms with E-state index in [1.165, 1.54) is 6.42 Å². The molecule has 0 aromatic carbocycles. The summed E-state index contributed by atoms with van der Waals surface area (Å²) in [6.45, 7) is 2.37. The fraction of sp³-hybridized carbons (Fsp3) is 0.812. The number of hydrogen-bond donors (Lipinski definition) is 3. The Bertz CT molecular complexity index is 453. The number of aliphatic carboxylic acids is 1. The molecule has 1 aliphatic heterocycles. The van der Waals surface area contributed by atoms with E-state index in [1.54, 1.807) is 0 Å². The Kier molecular flexibility index (Phi) is 7.30. The summed E-state index contributed by atoms with van der Waals surface area (Å²) >= 11 is 0. The smallest absolute Gasteiger partial charge is 0.317 e. The Labute approximate surface area is 141 Å². The van der Waals surface area contributed by atoms with Crippen molar-refractivity contribution in [2.24, 2.45) is 5.92 Å². The van der Waals surface area contributed by atoms with Crippen LogP contribution in [-0.2, 0) is 14.3 Å². The van der Waals surface area contributed by atoms with Crippen molar-refractivity contribution < 1.29 is 24.2 Å². The molecule has 1 aliphatic carbocycles. The van der Waals surface area contributed by atoms with Gasteiger partial charge in [-0.1, -0.05) is 6.42 Å². The van der Waals surface area contributed by atoms with Crippen LogP contribution in [0.3, 0.4) is 0 Å². The van der Waals surface area contributed by atoms with Crippen molar-refractivity contribution in [3.63, 3.8) is 0 Å². The minimum atomic E-state index is -0.936. The molecule has 0 spiro atoms. The molecule has 2 aliphatic rings. The zero-order valence-corrected chi connectivity index (χ0v) is 14.0. The highest BCUT2D eigenvalue weighted by Gasteiger charge is 2.36. The molecular formula is C16H27N3O5. The third-order valence-corrected chi connectivity index (χ3v) is 4.64. The number of carbonyl (C=O) groups is 3. The van der Waals surface area contributed by atoms with Gasteiger partial charge in [-0.05, 0) is 25.2 Å². The lowest BCUT2D eigenvalue weighted by Crippen LogP contribution is -2.56. The minimum absolute atomic E-state index is 0.0813. The molecule has 1 atom stereocenters. The Morgan fingerprint density at radius 2 is 1.92 bits per heavy atom. The lowest BCUT2D eigenvalue weighted by molar-refractivity contribution is -0.136. The first-order valence-electron chi connectivity index (χ1n) is 8.68. The number of rotatable bonds is 8. The molecule has 0 radical (unpaired) electrons. The first-order valence-corrected chi connectivity index (χ1v) is 8.68. The number of carbonyl (C=O) groups excluding carboxylic acids is 2. The highest BCUT2D eigenvalue weighted by molar-refractivity contribution is 5.77. The zero-order valence-electron chi connectivity index (χ0n) is 14.0. The highest BCUT2D eigenvalue weighted by atomic mass is 16.5. The first kappa shape index (κ1) is 18.5. The van der Waals surface area contributed by atoms with Crippen LogP contribution >= 0.6 is 0 Å². The predicted octanol–water partition coefficient (Wildman–Crippen LogP) is 0.568. The monoisotopic (exact) mass is 341 g/mol. The summed E-state index contributed by atoms with van der Waals surface area (Å²) in [4.78, 5) is 36.1. The van der Waals surface area contributed by atoms with Crippen molar-refractivity contribution in [3.05, 3.63) is 0 Å². The highest BCUT2D eigenvalue weighted by Crippen LogP contribution is 2.33. The van der Waals surface area contributed by atoms with E-state index in [0.717, 1.165) is 12.8 Å². The number of nitrogens with one attached hydrogen (secondary N) is 2. The third kappa shape index (κ3) is 5.67. The Hall–Kier alpha value is -1.83. The molecule has 0 aromatic heterocycles. The van der Waals surface area contributed by atoms with Crippen LogP contribution < -0.4 is 10.6 Å². The molecule has 2 fully saturated rings. The van der Waals surface area contributed by atoms with Gasteiger partial charge in [-0.25, -0.2) is 4.79 Å². The maximum Gasteiger partial charge on any atom is 0.317 e. The predicted molar refractivity (Wildman–Crippen MR) is 86.5 cm³/mol. The lowest BCUT2D eigenvalue weighted by Gasteiger charge is -2.43. The summed E-state index contributed by atoms with van der Waals surface area (Å²) in [5.41, 5.74) is 0. The molecule has 0 aromatic rings. The van der Waals surface area contributed by atoms with Crippen LogP contribution in [0.1, 0.15) is 38.5 Å². The number of nitrogens with zero attached hydrogens (tertiary/aromatic N) is 1. The van der Waals surface area contributed by atoms with Gasteiger partial charge in [0.1, 0.15) is 0 Å². The summed E-state index contributed by atoms with van der Waals surface area (Å²) in [5.74, 6) is -0.575. The van der Waals surface area contributed by atoms with E-state index in [0.29, 0.717) is 38.6 Å². The Morgan fingerprint density at radius 1 is 1.12 bits per heavy atom. The van der Waals surface area contributed by atoms with E-state index in [1.807, 2.05) is 4.90 Å². The van der Waals surface area contributed by atoms with Crippen LogP contribution in [0, 0.1) is 5.92 Å². The van der Waals surface area contributed by atoms with Gasteiger partial charge in [0.05, 0.1) is 25.7 Å². The largest absolute Gasteiger partial charge is 0.481 e. The van der Waals surface area contributed by atoms with E-state index in [9.17, 15) is 14.4 Å². The second-order valence-electron chi connectivity index (χ2n) is 6.36. The Morgan fingerprint density at radius 3 is 2.58 bits per heavy atom. The van der Waals surface area contributed by atoms with E-state index in [2.05, 4.69) is 10.6 Å².